The van der Waals surface area contributed by atoms with Crippen LogP contribution < -0.4 is 0 Å². The van der Waals surface area contributed by atoms with Gasteiger partial charge in [0.25, 0.3) is 0 Å². The minimum Gasteiger partial charge on any atom is -0.478 e. The standard InChI is InChI=1S/C10H8O3S/c11-8-3-4-14-9-2-1-6(10(12)13)5-7(8)9/h1-2,5H,3-4H2,(H,12,13). The Hall–Kier alpha value is -1.29. The van der Waals surface area contributed by atoms with E-state index in [9.17, 15) is 9.59 Å². The number of ketones is 1. The number of carboxylic acid groups (broad SMARTS) is 1. The number of Topliss-reactive ketones (excluding diaryl/α,β-unsaturated/α-hetero) is 1. The molecule has 0 amide bonds. The van der Waals surface area contributed by atoms with Crippen LogP contribution in [0.3, 0.4) is 0 Å². The maximum absolute atomic E-state index is 11.5. The monoisotopic (exact) mass is 208 g/mol. The molecular weight excluding hydrogens is 200 g/mol. The molecule has 0 bridgehead atoms. The first-order chi connectivity index (χ1) is 6.68. The van der Waals surface area contributed by atoms with Gasteiger partial charge >= 0.3 is 5.97 Å². The summed E-state index contributed by atoms with van der Waals surface area (Å²) in [7, 11) is 0. The zero-order valence-corrected chi connectivity index (χ0v) is 8.13. The zero-order chi connectivity index (χ0) is 10.1. The van der Waals surface area contributed by atoms with Crippen LogP contribution in [0.1, 0.15) is 27.1 Å². The van der Waals surface area contributed by atoms with E-state index in [0.29, 0.717) is 12.0 Å². The predicted octanol–water partition coefficient (Wildman–Crippen LogP) is 2.06. The van der Waals surface area contributed by atoms with Crippen LogP contribution in [0.5, 0.6) is 0 Å². The molecule has 0 unspecified atom stereocenters. The van der Waals surface area contributed by atoms with E-state index in [0.717, 1.165) is 10.6 Å². The van der Waals surface area contributed by atoms with Gasteiger partial charge in [0.05, 0.1) is 5.56 Å². The van der Waals surface area contributed by atoms with E-state index < -0.39 is 5.97 Å². The molecule has 14 heavy (non-hydrogen) atoms. The average Bonchev–Trinajstić information content (AvgIpc) is 2.18. The number of aromatic carboxylic acids is 1. The Morgan fingerprint density at radius 2 is 2.21 bits per heavy atom. The fourth-order valence-corrected chi connectivity index (χ4v) is 2.40. The molecule has 1 heterocycles. The molecule has 0 saturated carbocycles. The first kappa shape index (κ1) is 9.27. The van der Waals surface area contributed by atoms with Crippen molar-refractivity contribution in [3.63, 3.8) is 0 Å². The summed E-state index contributed by atoms with van der Waals surface area (Å²) in [5.41, 5.74) is 0.737. The van der Waals surface area contributed by atoms with Gasteiger partial charge in [-0.25, -0.2) is 4.79 Å². The number of hydrogen-bond donors (Lipinski definition) is 1. The molecule has 0 aliphatic carbocycles. The quantitative estimate of drug-likeness (QED) is 0.767. The average molecular weight is 208 g/mol. The second-order valence-corrected chi connectivity index (χ2v) is 4.17. The first-order valence-electron chi connectivity index (χ1n) is 4.22. The molecule has 1 aromatic rings. The third-order valence-electron chi connectivity index (χ3n) is 2.11. The lowest BCUT2D eigenvalue weighted by atomic mass is 10.1. The predicted molar refractivity (Wildman–Crippen MR) is 53.1 cm³/mol. The molecule has 0 fully saturated rings. The highest BCUT2D eigenvalue weighted by Crippen LogP contribution is 2.30. The van der Waals surface area contributed by atoms with Crippen molar-refractivity contribution in [2.75, 3.05) is 5.75 Å². The number of rotatable bonds is 1. The Labute approximate surface area is 85.1 Å². The highest BCUT2D eigenvalue weighted by Gasteiger charge is 2.18. The van der Waals surface area contributed by atoms with Gasteiger partial charge in [0, 0.05) is 22.6 Å². The summed E-state index contributed by atoms with van der Waals surface area (Å²) in [6, 6.07) is 4.71. The van der Waals surface area contributed by atoms with E-state index in [4.69, 9.17) is 5.11 Å². The molecular formula is C10H8O3S. The second kappa shape index (κ2) is 3.46. The van der Waals surface area contributed by atoms with Crippen LogP contribution in [-0.2, 0) is 0 Å². The van der Waals surface area contributed by atoms with Crippen LogP contribution in [-0.4, -0.2) is 22.6 Å². The van der Waals surface area contributed by atoms with Crippen LogP contribution in [0.4, 0.5) is 0 Å². The van der Waals surface area contributed by atoms with E-state index in [1.807, 2.05) is 0 Å². The summed E-state index contributed by atoms with van der Waals surface area (Å²) in [5, 5.41) is 8.75. The van der Waals surface area contributed by atoms with Gasteiger partial charge in [0.2, 0.25) is 0 Å². The van der Waals surface area contributed by atoms with Crippen molar-refractivity contribution >= 4 is 23.5 Å². The summed E-state index contributed by atoms with van der Waals surface area (Å²) in [6.45, 7) is 0. The van der Waals surface area contributed by atoms with E-state index in [1.54, 1.807) is 17.8 Å². The molecule has 0 radical (unpaired) electrons. The fraction of sp³-hybridized carbons (Fsp3) is 0.200. The lowest BCUT2D eigenvalue weighted by Crippen LogP contribution is -2.09. The Morgan fingerprint density at radius 1 is 1.43 bits per heavy atom. The maximum atomic E-state index is 11.5. The Morgan fingerprint density at radius 3 is 2.93 bits per heavy atom. The highest BCUT2D eigenvalue weighted by molar-refractivity contribution is 7.99. The van der Waals surface area contributed by atoms with Gasteiger partial charge in [-0.1, -0.05) is 0 Å². The molecule has 1 aliphatic heterocycles. The van der Waals surface area contributed by atoms with Crippen molar-refractivity contribution in [3.05, 3.63) is 29.3 Å². The van der Waals surface area contributed by atoms with Crippen LogP contribution >= 0.6 is 11.8 Å². The Bertz CT molecular complexity index is 412. The molecule has 0 spiro atoms. The van der Waals surface area contributed by atoms with Gasteiger partial charge in [-0.05, 0) is 18.2 Å². The van der Waals surface area contributed by atoms with Gasteiger partial charge in [-0.15, -0.1) is 11.8 Å². The smallest absolute Gasteiger partial charge is 0.335 e. The van der Waals surface area contributed by atoms with E-state index >= 15 is 0 Å². The molecule has 0 atom stereocenters. The highest BCUT2D eigenvalue weighted by atomic mass is 32.2. The van der Waals surface area contributed by atoms with E-state index in [2.05, 4.69) is 0 Å². The summed E-state index contributed by atoms with van der Waals surface area (Å²) in [6.07, 6.45) is 0.501. The van der Waals surface area contributed by atoms with Crippen LogP contribution in [0, 0.1) is 0 Å². The van der Waals surface area contributed by atoms with Gasteiger partial charge < -0.3 is 5.11 Å². The summed E-state index contributed by atoms with van der Waals surface area (Å²) in [5.74, 6) is -0.156. The summed E-state index contributed by atoms with van der Waals surface area (Å²) >= 11 is 1.60. The van der Waals surface area contributed by atoms with Crippen molar-refractivity contribution < 1.29 is 14.7 Å². The van der Waals surface area contributed by atoms with Crippen molar-refractivity contribution in [1.29, 1.82) is 0 Å². The lowest BCUT2D eigenvalue weighted by molar-refractivity contribution is 0.0697. The molecule has 2 rings (SSSR count). The van der Waals surface area contributed by atoms with Gasteiger partial charge in [0.15, 0.2) is 5.78 Å². The lowest BCUT2D eigenvalue weighted by Gasteiger charge is -2.13. The maximum Gasteiger partial charge on any atom is 0.335 e. The third kappa shape index (κ3) is 1.53. The topological polar surface area (TPSA) is 54.4 Å². The number of fused-ring (bicyclic) bond motifs is 1. The molecule has 72 valence electrons. The Kier molecular flexibility index (Phi) is 2.29. The first-order valence-corrected chi connectivity index (χ1v) is 5.20. The van der Waals surface area contributed by atoms with Crippen LogP contribution in [0.2, 0.25) is 0 Å². The van der Waals surface area contributed by atoms with Crippen LogP contribution in [0.15, 0.2) is 23.1 Å². The van der Waals surface area contributed by atoms with Crippen molar-refractivity contribution in [3.8, 4) is 0 Å². The molecule has 1 N–H and O–H groups in total. The summed E-state index contributed by atoms with van der Waals surface area (Å²) < 4.78 is 0. The van der Waals surface area contributed by atoms with Crippen LogP contribution in [0.25, 0.3) is 0 Å². The molecule has 1 aromatic carbocycles. The zero-order valence-electron chi connectivity index (χ0n) is 7.32. The fourth-order valence-electron chi connectivity index (χ4n) is 1.40. The molecule has 4 heteroatoms. The van der Waals surface area contributed by atoms with Crippen molar-refractivity contribution in [1.82, 2.24) is 0 Å². The van der Waals surface area contributed by atoms with Crippen molar-refractivity contribution in [2.45, 2.75) is 11.3 Å². The van der Waals surface area contributed by atoms with Gasteiger partial charge in [0.1, 0.15) is 0 Å². The Balaban J connectivity index is 2.51. The number of carboxylic acids is 1. The molecule has 3 nitrogen and oxygen atoms in total. The number of carbonyl (C=O) groups is 2. The third-order valence-corrected chi connectivity index (χ3v) is 3.19. The van der Waals surface area contributed by atoms with Crippen molar-refractivity contribution in [2.24, 2.45) is 0 Å². The normalized spacial score (nSPS) is 15.0. The number of thioether (sulfide) groups is 1. The molecule has 1 aliphatic rings. The summed E-state index contributed by atoms with van der Waals surface area (Å²) in [4.78, 5) is 23.0. The minimum absolute atomic E-state index is 0.0434. The minimum atomic E-state index is -0.990. The van der Waals surface area contributed by atoms with Gasteiger partial charge in [-0.2, -0.15) is 0 Å². The SMILES string of the molecule is O=C(O)c1ccc2c(c1)C(=O)CCS2. The van der Waals surface area contributed by atoms with Gasteiger partial charge in [-0.3, -0.25) is 4.79 Å². The van der Waals surface area contributed by atoms with E-state index in [-0.39, 0.29) is 11.3 Å². The van der Waals surface area contributed by atoms with E-state index in [1.165, 1.54) is 12.1 Å². The largest absolute Gasteiger partial charge is 0.478 e. The second-order valence-electron chi connectivity index (χ2n) is 3.04. The number of benzene rings is 1. The molecule has 0 aromatic heterocycles. The number of hydrogen-bond acceptors (Lipinski definition) is 3. The molecule has 0 saturated heterocycles. The number of carbonyl (C=O) groups excluding carboxylic acids is 1.